The molecule has 28 heavy (non-hydrogen) atoms. The standard InChI is InChI=1S/C18H34N2O7S/c1-5-6-10(8-21)7-11(19-3)17(26)20-12(9(2)22)16-14(24)13(23)15(25)18(27-16)28-4/h8-16,18-19,22-25H,5-7H2,1-4H3,(H,20,26)/t9-,10-,11+,12-,13+,14-,15-,16-,18-/m1/s1. The normalized spacial score (nSPS) is 32.2. The van der Waals surface area contributed by atoms with Gasteiger partial charge in [-0.25, -0.2) is 0 Å². The predicted octanol–water partition coefficient (Wildman–Crippen LogP) is -1.38. The number of hydrogen-bond acceptors (Lipinski definition) is 9. The third-order valence-corrected chi connectivity index (χ3v) is 5.93. The van der Waals surface area contributed by atoms with Gasteiger partial charge in [0.15, 0.2) is 0 Å². The van der Waals surface area contributed by atoms with E-state index in [0.717, 1.165) is 24.5 Å². The molecule has 10 heteroatoms. The molecule has 164 valence electrons. The topological polar surface area (TPSA) is 148 Å². The number of aliphatic hydroxyl groups excluding tert-OH is 4. The van der Waals surface area contributed by atoms with Crippen molar-refractivity contribution in [1.82, 2.24) is 10.6 Å². The second kappa shape index (κ2) is 12.1. The third-order valence-electron chi connectivity index (χ3n) is 5.08. The summed E-state index contributed by atoms with van der Waals surface area (Å²) in [6.07, 6.45) is -2.17. The second-order valence-electron chi connectivity index (χ2n) is 7.21. The van der Waals surface area contributed by atoms with Crippen LogP contribution >= 0.6 is 11.8 Å². The quantitative estimate of drug-likeness (QED) is 0.221. The highest BCUT2D eigenvalue weighted by Gasteiger charge is 2.48. The van der Waals surface area contributed by atoms with E-state index < -0.39 is 53.9 Å². The molecule has 9 nitrogen and oxygen atoms in total. The van der Waals surface area contributed by atoms with E-state index in [1.807, 2.05) is 6.92 Å². The summed E-state index contributed by atoms with van der Waals surface area (Å²) in [5.74, 6) is -0.721. The molecular weight excluding hydrogens is 388 g/mol. The van der Waals surface area contributed by atoms with Crippen LogP contribution in [0.2, 0.25) is 0 Å². The van der Waals surface area contributed by atoms with E-state index in [2.05, 4.69) is 10.6 Å². The molecule has 0 spiro atoms. The van der Waals surface area contributed by atoms with E-state index >= 15 is 0 Å². The van der Waals surface area contributed by atoms with Crippen molar-refractivity contribution in [1.29, 1.82) is 0 Å². The van der Waals surface area contributed by atoms with Gasteiger partial charge in [0, 0.05) is 5.92 Å². The minimum Gasteiger partial charge on any atom is -0.391 e. The zero-order valence-electron chi connectivity index (χ0n) is 16.8. The lowest BCUT2D eigenvalue weighted by Crippen LogP contribution is -2.65. The molecule has 0 aromatic heterocycles. The molecule has 0 aliphatic carbocycles. The van der Waals surface area contributed by atoms with Gasteiger partial charge in [0.05, 0.1) is 18.2 Å². The molecule has 1 saturated heterocycles. The van der Waals surface area contributed by atoms with Crippen LogP contribution in [0.3, 0.4) is 0 Å². The Labute approximate surface area is 170 Å². The summed E-state index contributed by atoms with van der Waals surface area (Å²) in [7, 11) is 1.60. The lowest BCUT2D eigenvalue weighted by atomic mass is 9.91. The summed E-state index contributed by atoms with van der Waals surface area (Å²) < 4.78 is 5.66. The largest absolute Gasteiger partial charge is 0.391 e. The molecule has 0 aromatic carbocycles. The summed E-state index contributed by atoms with van der Waals surface area (Å²) in [5.41, 5.74) is -0.814. The highest BCUT2D eigenvalue weighted by Crippen LogP contribution is 2.29. The van der Waals surface area contributed by atoms with Crippen LogP contribution in [-0.2, 0) is 14.3 Å². The van der Waals surface area contributed by atoms with E-state index in [1.165, 1.54) is 6.92 Å². The van der Waals surface area contributed by atoms with Crippen LogP contribution in [0.1, 0.15) is 33.1 Å². The zero-order valence-corrected chi connectivity index (χ0v) is 17.6. The fraction of sp³-hybridized carbons (Fsp3) is 0.889. The van der Waals surface area contributed by atoms with Crippen LogP contribution in [0, 0.1) is 5.92 Å². The Kier molecular flexibility index (Phi) is 10.9. The number of aliphatic hydroxyl groups is 4. The average molecular weight is 423 g/mol. The van der Waals surface area contributed by atoms with E-state index in [0.29, 0.717) is 12.8 Å². The van der Waals surface area contributed by atoms with Crippen LogP contribution in [0.4, 0.5) is 0 Å². The first-order valence-electron chi connectivity index (χ1n) is 9.55. The lowest BCUT2D eigenvalue weighted by molar-refractivity contribution is -0.211. The third kappa shape index (κ3) is 6.38. The molecule has 1 heterocycles. The van der Waals surface area contributed by atoms with Gasteiger partial charge in [-0.2, -0.15) is 0 Å². The minimum absolute atomic E-state index is 0.271. The number of ether oxygens (including phenoxy) is 1. The first-order chi connectivity index (χ1) is 13.2. The molecule has 1 aliphatic rings. The van der Waals surface area contributed by atoms with Crippen molar-refractivity contribution in [3.05, 3.63) is 0 Å². The van der Waals surface area contributed by atoms with Crippen molar-refractivity contribution in [2.24, 2.45) is 5.92 Å². The summed E-state index contributed by atoms with van der Waals surface area (Å²) in [4.78, 5) is 24.0. The van der Waals surface area contributed by atoms with Crippen molar-refractivity contribution >= 4 is 24.0 Å². The summed E-state index contributed by atoms with van der Waals surface area (Å²) in [6, 6.07) is -1.69. The van der Waals surface area contributed by atoms with Gasteiger partial charge in [0.25, 0.3) is 0 Å². The smallest absolute Gasteiger partial charge is 0.237 e. The van der Waals surface area contributed by atoms with E-state index in [-0.39, 0.29) is 5.92 Å². The van der Waals surface area contributed by atoms with Crippen molar-refractivity contribution in [3.63, 3.8) is 0 Å². The molecule has 0 saturated carbocycles. The lowest BCUT2D eigenvalue weighted by Gasteiger charge is -2.44. The number of hydrogen-bond donors (Lipinski definition) is 6. The number of carbonyl (C=O) groups excluding carboxylic acids is 2. The van der Waals surface area contributed by atoms with Gasteiger partial charge in [0.2, 0.25) is 5.91 Å². The molecule has 0 aromatic rings. The first kappa shape index (κ1) is 25.3. The monoisotopic (exact) mass is 422 g/mol. The Hall–Kier alpha value is -0.750. The van der Waals surface area contributed by atoms with Gasteiger partial charge < -0.3 is 40.6 Å². The fourth-order valence-corrected chi connectivity index (χ4v) is 4.06. The molecular formula is C18H34N2O7S. The highest BCUT2D eigenvalue weighted by molar-refractivity contribution is 7.99. The van der Waals surface area contributed by atoms with Crippen molar-refractivity contribution in [3.8, 4) is 0 Å². The van der Waals surface area contributed by atoms with Crippen molar-refractivity contribution < 1.29 is 34.8 Å². The Morgan fingerprint density at radius 2 is 1.89 bits per heavy atom. The van der Waals surface area contributed by atoms with Gasteiger partial charge in [-0.05, 0) is 33.1 Å². The fourth-order valence-electron chi connectivity index (χ4n) is 3.38. The second-order valence-corrected chi connectivity index (χ2v) is 8.15. The van der Waals surface area contributed by atoms with Crippen LogP contribution < -0.4 is 10.6 Å². The van der Waals surface area contributed by atoms with Crippen molar-refractivity contribution in [2.45, 2.75) is 81.1 Å². The number of thioether (sulfide) groups is 1. The van der Waals surface area contributed by atoms with Gasteiger partial charge >= 0.3 is 0 Å². The average Bonchev–Trinajstić information content (AvgIpc) is 2.67. The van der Waals surface area contributed by atoms with Crippen LogP contribution in [-0.4, -0.2) is 94.0 Å². The SMILES string of the molecule is CCC[C@@H](C=O)C[C@H](NC)C(=O)N[C@@H]([C@H]1O[C@H](SC)[C@H](O)[C@@H](O)[C@H]1O)[C@@H](C)O. The van der Waals surface area contributed by atoms with Crippen LogP contribution in [0.5, 0.6) is 0 Å². The van der Waals surface area contributed by atoms with Crippen molar-refractivity contribution in [2.75, 3.05) is 13.3 Å². The maximum absolute atomic E-state index is 12.7. The maximum atomic E-state index is 12.7. The Morgan fingerprint density at radius 1 is 1.25 bits per heavy atom. The maximum Gasteiger partial charge on any atom is 0.237 e. The number of nitrogens with one attached hydrogen (secondary N) is 2. The molecule has 0 bridgehead atoms. The Balaban J connectivity index is 2.92. The predicted molar refractivity (Wildman–Crippen MR) is 106 cm³/mol. The summed E-state index contributed by atoms with van der Waals surface area (Å²) in [5, 5.41) is 46.1. The highest BCUT2D eigenvalue weighted by atomic mass is 32.2. The number of rotatable bonds is 11. The zero-order chi connectivity index (χ0) is 21.4. The van der Waals surface area contributed by atoms with Crippen LogP contribution in [0.25, 0.3) is 0 Å². The van der Waals surface area contributed by atoms with Gasteiger partial charge in [-0.15, -0.1) is 11.8 Å². The molecule has 0 radical (unpaired) electrons. The van der Waals surface area contributed by atoms with E-state index in [4.69, 9.17) is 4.74 Å². The Morgan fingerprint density at radius 3 is 2.36 bits per heavy atom. The van der Waals surface area contributed by atoms with Gasteiger partial charge in [-0.3, -0.25) is 4.79 Å². The van der Waals surface area contributed by atoms with Crippen LogP contribution in [0.15, 0.2) is 0 Å². The molecule has 1 amide bonds. The summed E-state index contributed by atoms with van der Waals surface area (Å²) >= 11 is 1.15. The number of likely N-dealkylation sites (N-methyl/N-ethyl adjacent to an activating group) is 1. The molecule has 1 aliphatic heterocycles. The Bertz CT molecular complexity index is 495. The number of aldehydes is 1. The molecule has 1 rings (SSSR count). The summed E-state index contributed by atoms with van der Waals surface area (Å²) in [6.45, 7) is 3.39. The van der Waals surface area contributed by atoms with E-state index in [9.17, 15) is 30.0 Å². The first-order valence-corrected chi connectivity index (χ1v) is 10.8. The molecule has 0 unspecified atom stereocenters. The van der Waals surface area contributed by atoms with E-state index in [1.54, 1.807) is 13.3 Å². The molecule has 1 fully saturated rings. The van der Waals surface area contributed by atoms with Gasteiger partial charge in [-0.1, -0.05) is 13.3 Å². The number of amides is 1. The minimum atomic E-state index is -1.49. The molecule has 9 atom stereocenters. The molecule has 6 N–H and O–H groups in total. The van der Waals surface area contributed by atoms with Gasteiger partial charge in [0.1, 0.15) is 36.1 Å². The number of carbonyl (C=O) groups is 2.